The van der Waals surface area contributed by atoms with E-state index in [1.165, 1.54) is 6.07 Å². The molecule has 23 heavy (non-hydrogen) atoms. The summed E-state index contributed by atoms with van der Waals surface area (Å²) >= 11 is 0. The van der Waals surface area contributed by atoms with E-state index in [-0.39, 0.29) is 5.56 Å². The zero-order valence-corrected chi connectivity index (χ0v) is 12.3. The molecular formula is C17H13F2NO3. The number of benzene rings is 2. The van der Waals surface area contributed by atoms with Gasteiger partial charge in [0.25, 0.3) is 0 Å². The highest BCUT2D eigenvalue weighted by molar-refractivity contribution is 5.92. The SMILES string of the molecule is CCc1cc(-c2nc3ccccc3o2)ccc1C(=O)OC(F)F. The molecular weight excluding hydrogens is 304 g/mol. The van der Waals surface area contributed by atoms with Crippen molar-refractivity contribution in [3.8, 4) is 11.5 Å². The first kappa shape index (κ1) is 15.1. The summed E-state index contributed by atoms with van der Waals surface area (Å²) in [5.41, 5.74) is 2.76. The third-order valence-electron chi connectivity index (χ3n) is 3.44. The van der Waals surface area contributed by atoms with Crippen molar-refractivity contribution in [2.24, 2.45) is 0 Å². The van der Waals surface area contributed by atoms with E-state index in [0.29, 0.717) is 29.0 Å². The Morgan fingerprint density at radius 2 is 2.04 bits per heavy atom. The maximum atomic E-state index is 12.2. The van der Waals surface area contributed by atoms with Crippen LogP contribution in [0.3, 0.4) is 0 Å². The summed E-state index contributed by atoms with van der Waals surface area (Å²) in [6.45, 7) is -1.31. The van der Waals surface area contributed by atoms with Gasteiger partial charge < -0.3 is 9.15 Å². The van der Waals surface area contributed by atoms with Crippen LogP contribution in [-0.4, -0.2) is 17.6 Å². The van der Waals surface area contributed by atoms with Crippen LogP contribution in [0, 0.1) is 0 Å². The summed E-state index contributed by atoms with van der Waals surface area (Å²) in [6, 6.07) is 12.1. The standard InChI is InChI=1S/C17H13F2NO3/c1-2-10-9-11(7-8-12(10)16(21)23-17(18)19)15-20-13-5-3-4-6-14(13)22-15/h3-9,17H,2H2,1H3. The van der Waals surface area contributed by atoms with E-state index in [1.807, 2.05) is 25.1 Å². The number of hydrogen-bond acceptors (Lipinski definition) is 4. The Bertz CT molecular complexity index is 825. The zero-order valence-electron chi connectivity index (χ0n) is 12.3. The van der Waals surface area contributed by atoms with Crippen molar-refractivity contribution in [1.82, 2.24) is 4.98 Å². The van der Waals surface area contributed by atoms with Crippen LogP contribution in [0.2, 0.25) is 0 Å². The molecule has 0 saturated carbocycles. The van der Waals surface area contributed by atoms with Crippen molar-refractivity contribution >= 4 is 17.1 Å². The number of nitrogens with zero attached hydrogens (tertiary/aromatic N) is 1. The van der Waals surface area contributed by atoms with Crippen LogP contribution < -0.4 is 0 Å². The molecule has 0 unspecified atom stereocenters. The summed E-state index contributed by atoms with van der Waals surface area (Å²) in [4.78, 5) is 16.1. The smallest absolute Gasteiger partial charge is 0.389 e. The van der Waals surface area contributed by atoms with Gasteiger partial charge in [0.2, 0.25) is 5.89 Å². The van der Waals surface area contributed by atoms with Gasteiger partial charge in [0.15, 0.2) is 5.58 Å². The van der Waals surface area contributed by atoms with Crippen LogP contribution in [0.25, 0.3) is 22.6 Å². The molecule has 0 amide bonds. The van der Waals surface area contributed by atoms with E-state index < -0.39 is 12.6 Å². The Morgan fingerprint density at radius 1 is 1.26 bits per heavy atom. The first-order valence-electron chi connectivity index (χ1n) is 7.06. The lowest BCUT2D eigenvalue weighted by Gasteiger charge is -2.08. The van der Waals surface area contributed by atoms with E-state index in [1.54, 1.807) is 18.2 Å². The zero-order chi connectivity index (χ0) is 16.4. The van der Waals surface area contributed by atoms with Gasteiger partial charge in [-0.15, -0.1) is 0 Å². The van der Waals surface area contributed by atoms with E-state index >= 15 is 0 Å². The predicted molar refractivity (Wildman–Crippen MR) is 80.2 cm³/mol. The van der Waals surface area contributed by atoms with E-state index in [0.717, 1.165) is 5.52 Å². The fourth-order valence-electron chi connectivity index (χ4n) is 2.36. The van der Waals surface area contributed by atoms with Gasteiger partial charge in [-0.3, -0.25) is 0 Å². The molecule has 1 aromatic heterocycles. The number of aromatic nitrogens is 1. The van der Waals surface area contributed by atoms with Crippen LogP contribution >= 0.6 is 0 Å². The van der Waals surface area contributed by atoms with Crippen molar-refractivity contribution < 1.29 is 22.7 Å². The topological polar surface area (TPSA) is 52.3 Å². The largest absolute Gasteiger partial charge is 0.436 e. The minimum absolute atomic E-state index is 0.118. The summed E-state index contributed by atoms with van der Waals surface area (Å²) < 4.78 is 34.0. The van der Waals surface area contributed by atoms with Crippen LogP contribution in [0.1, 0.15) is 22.8 Å². The van der Waals surface area contributed by atoms with Gasteiger partial charge in [-0.2, -0.15) is 8.78 Å². The molecule has 0 spiro atoms. The molecule has 0 fully saturated rings. The molecule has 0 radical (unpaired) electrons. The second-order valence-corrected chi connectivity index (χ2v) is 4.88. The second-order valence-electron chi connectivity index (χ2n) is 4.88. The second kappa shape index (κ2) is 6.16. The summed E-state index contributed by atoms with van der Waals surface area (Å²) in [5.74, 6) is -0.629. The number of aryl methyl sites for hydroxylation is 1. The van der Waals surface area contributed by atoms with Crippen molar-refractivity contribution in [3.63, 3.8) is 0 Å². The number of hydrogen-bond donors (Lipinski definition) is 0. The highest BCUT2D eigenvalue weighted by Gasteiger charge is 2.18. The van der Waals surface area contributed by atoms with E-state index in [2.05, 4.69) is 9.72 Å². The first-order valence-corrected chi connectivity index (χ1v) is 7.06. The number of oxazole rings is 1. The summed E-state index contributed by atoms with van der Waals surface area (Å²) in [7, 11) is 0. The fourth-order valence-corrected chi connectivity index (χ4v) is 2.36. The quantitative estimate of drug-likeness (QED) is 0.668. The van der Waals surface area contributed by atoms with Crippen molar-refractivity contribution in [3.05, 3.63) is 53.6 Å². The molecule has 1 heterocycles. The monoisotopic (exact) mass is 317 g/mol. The number of rotatable bonds is 4. The van der Waals surface area contributed by atoms with Gasteiger partial charge in [0.05, 0.1) is 5.56 Å². The van der Waals surface area contributed by atoms with Gasteiger partial charge in [-0.25, -0.2) is 9.78 Å². The molecule has 3 aromatic rings. The fraction of sp³-hybridized carbons (Fsp3) is 0.176. The van der Waals surface area contributed by atoms with Gasteiger partial charge >= 0.3 is 12.6 Å². The summed E-state index contributed by atoms with van der Waals surface area (Å²) in [6.07, 6.45) is 0.488. The number of fused-ring (bicyclic) bond motifs is 1. The lowest BCUT2D eigenvalue weighted by molar-refractivity contribution is -0.0906. The van der Waals surface area contributed by atoms with Crippen LogP contribution in [0.4, 0.5) is 8.78 Å². The third-order valence-corrected chi connectivity index (χ3v) is 3.44. The highest BCUT2D eigenvalue weighted by atomic mass is 19.3. The normalized spacial score (nSPS) is 11.1. The minimum atomic E-state index is -3.14. The number of ether oxygens (including phenoxy) is 1. The number of halogens is 2. The molecule has 2 aromatic carbocycles. The number of carbonyl (C=O) groups excluding carboxylic acids is 1. The van der Waals surface area contributed by atoms with Gasteiger partial charge in [-0.05, 0) is 42.3 Å². The van der Waals surface area contributed by atoms with Gasteiger partial charge in [0, 0.05) is 5.56 Å². The van der Waals surface area contributed by atoms with Crippen LogP contribution in [0.5, 0.6) is 0 Å². The predicted octanol–water partition coefficient (Wildman–Crippen LogP) is 4.44. The number of carbonyl (C=O) groups is 1. The molecule has 0 N–H and O–H groups in total. The average Bonchev–Trinajstić information content (AvgIpc) is 2.97. The Labute approximate surface area is 130 Å². The minimum Gasteiger partial charge on any atom is -0.436 e. The Kier molecular flexibility index (Phi) is 4.06. The van der Waals surface area contributed by atoms with Crippen LogP contribution in [0.15, 0.2) is 46.9 Å². The van der Waals surface area contributed by atoms with Gasteiger partial charge in [0.1, 0.15) is 5.52 Å². The number of para-hydroxylation sites is 2. The molecule has 0 aliphatic rings. The van der Waals surface area contributed by atoms with E-state index in [4.69, 9.17) is 4.42 Å². The summed E-state index contributed by atoms with van der Waals surface area (Å²) in [5, 5.41) is 0. The average molecular weight is 317 g/mol. The van der Waals surface area contributed by atoms with Crippen molar-refractivity contribution in [1.29, 1.82) is 0 Å². The Hall–Kier alpha value is -2.76. The van der Waals surface area contributed by atoms with E-state index in [9.17, 15) is 13.6 Å². The van der Waals surface area contributed by atoms with Crippen LogP contribution in [-0.2, 0) is 11.2 Å². The molecule has 0 bridgehead atoms. The van der Waals surface area contributed by atoms with Crippen molar-refractivity contribution in [2.75, 3.05) is 0 Å². The number of alkyl halides is 2. The maximum absolute atomic E-state index is 12.2. The lowest BCUT2D eigenvalue weighted by Crippen LogP contribution is -2.11. The third kappa shape index (κ3) is 3.06. The Balaban J connectivity index is 1.99. The first-order chi connectivity index (χ1) is 11.1. The molecule has 3 rings (SSSR count). The molecule has 0 aliphatic heterocycles. The molecule has 4 nitrogen and oxygen atoms in total. The lowest BCUT2D eigenvalue weighted by atomic mass is 10.0. The molecule has 118 valence electrons. The molecule has 0 atom stereocenters. The molecule has 6 heteroatoms. The maximum Gasteiger partial charge on any atom is 0.389 e. The highest BCUT2D eigenvalue weighted by Crippen LogP contribution is 2.26. The number of esters is 1. The van der Waals surface area contributed by atoms with Crippen molar-refractivity contribution in [2.45, 2.75) is 20.0 Å². The molecule has 0 aliphatic carbocycles. The van der Waals surface area contributed by atoms with Gasteiger partial charge in [-0.1, -0.05) is 19.1 Å². The molecule has 0 saturated heterocycles. The Morgan fingerprint density at radius 3 is 2.74 bits per heavy atom.